The van der Waals surface area contributed by atoms with Crippen LogP contribution >= 0.6 is 11.6 Å². The lowest BCUT2D eigenvalue weighted by Crippen LogP contribution is -2.56. The summed E-state index contributed by atoms with van der Waals surface area (Å²) in [6.07, 6.45) is 6.77. The molecule has 2 saturated carbocycles. The Balaban J connectivity index is 1.18. The number of nitrogens with zero attached hydrogens (tertiary/aromatic N) is 2. The molecule has 0 bridgehead atoms. The third-order valence-corrected chi connectivity index (χ3v) is 8.86. The van der Waals surface area contributed by atoms with Gasteiger partial charge < -0.3 is 15.2 Å². The van der Waals surface area contributed by atoms with Crippen LogP contribution in [0, 0.1) is 11.3 Å². The van der Waals surface area contributed by atoms with Gasteiger partial charge in [-0.2, -0.15) is 0 Å². The van der Waals surface area contributed by atoms with Crippen molar-refractivity contribution >= 4 is 34.1 Å². The number of benzene rings is 1. The predicted octanol–water partition coefficient (Wildman–Crippen LogP) is 3.96. The normalized spacial score (nSPS) is 31.8. The SMILES string of the molecule is C[C@]1(N2CCC(c3cc4cc(NC(=O)[C@@H]5CC56CC6)ncc4cc3Cl)CC2)COC[C@H]1O. The van der Waals surface area contributed by atoms with E-state index in [2.05, 4.69) is 28.2 Å². The molecule has 1 amide bonds. The van der Waals surface area contributed by atoms with Gasteiger partial charge in [-0.15, -0.1) is 0 Å². The molecule has 2 aromatic rings. The lowest BCUT2D eigenvalue weighted by atomic mass is 9.85. The minimum atomic E-state index is -0.435. The summed E-state index contributed by atoms with van der Waals surface area (Å²) in [5.41, 5.74) is 1.21. The molecule has 2 N–H and O–H groups in total. The monoisotopic (exact) mass is 455 g/mol. The zero-order valence-electron chi connectivity index (χ0n) is 18.4. The first-order valence-corrected chi connectivity index (χ1v) is 12.2. The number of rotatable bonds is 4. The summed E-state index contributed by atoms with van der Waals surface area (Å²) in [6.45, 7) is 4.93. The second-order valence-electron chi connectivity index (χ2n) is 10.5. The minimum Gasteiger partial charge on any atom is -0.389 e. The highest BCUT2D eigenvalue weighted by atomic mass is 35.5. The molecule has 170 valence electrons. The number of aliphatic hydroxyl groups is 1. The summed E-state index contributed by atoms with van der Waals surface area (Å²) < 4.78 is 5.53. The van der Waals surface area contributed by atoms with Crippen LogP contribution in [0.2, 0.25) is 5.02 Å². The van der Waals surface area contributed by atoms with Crippen molar-refractivity contribution in [2.24, 2.45) is 11.3 Å². The largest absolute Gasteiger partial charge is 0.389 e. The molecule has 0 radical (unpaired) electrons. The van der Waals surface area contributed by atoms with E-state index in [0.29, 0.717) is 30.4 Å². The number of carbonyl (C=O) groups is 1. The Labute approximate surface area is 193 Å². The fourth-order valence-electron chi connectivity index (χ4n) is 5.87. The average Bonchev–Trinajstić information content (AvgIpc) is 3.70. The number of amides is 1. The van der Waals surface area contributed by atoms with Crippen molar-refractivity contribution in [2.75, 3.05) is 31.6 Å². The first-order chi connectivity index (χ1) is 15.4. The van der Waals surface area contributed by atoms with Gasteiger partial charge in [-0.1, -0.05) is 11.6 Å². The van der Waals surface area contributed by atoms with Crippen LogP contribution in [0.15, 0.2) is 24.4 Å². The van der Waals surface area contributed by atoms with Crippen molar-refractivity contribution < 1.29 is 14.6 Å². The maximum Gasteiger partial charge on any atom is 0.229 e. The topological polar surface area (TPSA) is 74.7 Å². The first-order valence-electron chi connectivity index (χ1n) is 11.8. The Bertz CT molecular complexity index is 1080. The van der Waals surface area contributed by atoms with Crippen molar-refractivity contribution in [2.45, 2.75) is 56.6 Å². The molecule has 2 aliphatic carbocycles. The summed E-state index contributed by atoms with van der Waals surface area (Å²) in [6, 6.07) is 6.13. The highest BCUT2D eigenvalue weighted by Gasteiger charge is 2.65. The van der Waals surface area contributed by atoms with Gasteiger partial charge in [0.05, 0.1) is 24.9 Å². The third-order valence-electron chi connectivity index (χ3n) is 8.53. The number of anilines is 1. The Morgan fingerprint density at radius 2 is 2.03 bits per heavy atom. The van der Waals surface area contributed by atoms with Crippen LogP contribution in [0.3, 0.4) is 0 Å². The van der Waals surface area contributed by atoms with Crippen LogP contribution in [0.4, 0.5) is 5.82 Å². The molecule has 0 unspecified atom stereocenters. The van der Waals surface area contributed by atoms with E-state index in [1.807, 2.05) is 12.1 Å². The molecule has 7 heteroatoms. The summed E-state index contributed by atoms with van der Waals surface area (Å²) >= 11 is 6.69. The van der Waals surface area contributed by atoms with Crippen molar-refractivity contribution in [3.63, 3.8) is 0 Å². The summed E-state index contributed by atoms with van der Waals surface area (Å²) in [5.74, 6) is 1.29. The van der Waals surface area contributed by atoms with Gasteiger partial charge in [0.1, 0.15) is 5.82 Å². The predicted molar refractivity (Wildman–Crippen MR) is 124 cm³/mol. The third kappa shape index (κ3) is 3.43. The highest BCUT2D eigenvalue weighted by molar-refractivity contribution is 6.32. The maximum atomic E-state index is 12.5. The number of carbonyl (C=O) groups excluding carboxylic acids is 1. The van der Waals surface area contributed by atoms with E-state index in [1.165, 1.54) is 12.8 Å². The number of piperidine rings is 1. The van der Waals surface area contributed by atoms with Gasteiger partial charge in [0.15, 0.2) is 0 Å². The summed E-state index contributed by atoms with van der Waals surface area (Å²) in [5, 5.41) is 16.2. The molecule has 2 saturated heterocycles. The van der Waals surface area contributed by atoms with E-state index < -0.39 is 6.10 Å². The van der Waals surface area contributed by atoms with Crippen LogP contribution in [0.5, 0.6) is 0 Å². The summed E-state index contributed by atoms with van der Waals surface area (Å²) in [7, 11) is 0. The molecule has 6 nitrogen and oxygen atoms in total. The van der Waals surface area contributed by atoms with Gasteiger partial charge in [-0.3, -0.25) is 9.69 Å². The van der Waals surface area contributed by atoms with E-state index >= 15 is 0 Å². The zero-order valence-corrected chi connectivity index (χ0v) is 19.2. The van der Waals surface area contributed by atoms with Crippen molar-refractivity contribution in [3.8, 4) is 0 Å². The van der Waals surface area contributed by atoms with Gasteiger partial charge in [-0.05, 0) is 92.6 Å². The number of aromatic nitrogens is 1. The number of halogens is 1. The van der Waals surface area contributed by atoms with E-state index in [-0.39, 0.29) is 17.4 Å². The Kier molecular flexibility index (Phi) is 4.81. The zero-order chi connectivity index (χ0) is 22.1. The van der Waals surface area contributed by atoms with Gasteiger partial charge in [0.2, 0.25) is 5.91 Å². The van der Waals surface area contributed by atoms with Crippen LogP contribution in [-0.2, 0) is 9.53 Å². The van der Waals surface area contributed by atoms with Crippen LogP contribution in [0.25, 0.3) is 10.8 Å². The molecule has 1 aromatic carbocycles. The van der Waals surface area contributed by atoms with E-state index in [1.54, 1.807) is 6.20 Å². The lowest BCUT2D eigenvalue weighted by Gasteiger charge is -2.43. The molecular formula is C25H30ClN3O3. The number of pyridine rings is 1. The number of ether oxygens (including phenoxy) is 1. The second-order valence-corrected chi connectivity index (χ2v) is 11.0. The Hall–Kier alpha value is -1.73. The van der Waals surface area contributed by atoms with Gasteiger partial charge >= 0.3 is 0 Å². The maximum absolute atomic E-state index is 12.5. The van der Waals surface area contributed by atoms with Crippen LogP contribution < -0.4 is 5.32 Å². The van der Waals surface area contributed by atoms with Gasteiger partial charge in [0, 0.05) is 22.5 Å². The molecule has 1 spiro atoms. The van der Waals surface area contributed by atoms with Gasteiger partial charge in [-0.25, -0.2) is 4.98 Å². The van der Waals surface area contributed by atoms with E-state index in [9.17, 15) is 9.90 Å². The highest BCUT2D eigenvalue weighted by Crippen LogP contribution is 2.70. The number of likely N-dealkylation sites (tertiary alicyclic amines) is 1. The van der Waals surface area contributed by atoms with Crippen molar-refractivity contribution in [3.05, 3.63) is 35.0 Å². The van der Waals surface area contributed by atoms with Crippen LogP contribution in [-0.4, -0.2) is 58.8 Å². The second kappa shape index (κ2) is 7.39. The molecule has 1 aromatic heterocycles. The van der Waals surface area contributed by atoms with E-state index in [0.717, 1.165) is 53.7 Å². The van der Waals surface area contributed by atoms with Gasteiger partial charge in [0.25, 0.3) is 0 Å². The quantitative estimate of drug-likeness (QED) is 0.730. The molecular weight excluding hydrogens is 426 g/mol. The number of hydrogen-bond acceptors (Lipinski definition) is 5. The molecule has 32 heavy (non-hydrogen) atoms. The molecule has 3 heterocycles. The number of nitrogens with one attached hydrogen (secondary N) is 1. The van der Waals surface area contributed by atoms with Crippen molar-refractivity contribution in [1.82, 2.24) is 9.88 Å². The molecule has 4 fully saturated rings. The standard InChI is InChI=1S/C25H30ClN3O3/c1-24(14-32-13-21(24)30)29-6-2-15(3-7-29)18-8-16-10-22(27-12-17(16)9-20(18)26)28-23(31)19-11-25(19)4-5-25/h8-10,12,15,19,21,30H,2-7,11,13-14H2,1H3,(H,27,28,31)/t19-,21+,24-/m0/s1. The fourth-order valence-corrected chi connectivity index (χ4v) is 6.19. The number of fused-ring (bicyclic) bond motifs is 1. The Morgan fingerprint density at radius 3 is 2.69 bits per heavy atom. The number of hydrogen-bond donors (Lipinski definition) is 2. The Morgan fingerprint density at radius 1 is 1.25 bits per heavy atom. The minimum absolute atomic E-state index is 0.113. The summed E-state index contributed by atoms with van der Waals surface area (Å²) in [4.78, 5) is 19.3. The first kappa shape index (κ1) is 20.8. The molecule has 6 rings (SSSR count). The fraction of sp³-hybridized carbons (Fsp3) is 0.600. The van der Waals surface area contributed by atoms with Crippen molar-refractivity contribution in [1.29, 1.82) is 0 Å². The number of aliphatic hydroxyl groups excluding tert-OH is 1. The smallest absolute Gasteiger partial charge is 0.229 e. The molecule has 3 atom stereocenters. The molecule has 4 aliphatic rings. The van der Waals surface area contributed by atoms with E-state index in [4.69, 9.17) is 16.3 Å². The molecule has 2 aliphatic heterocycles. The lowest BCUT2D eigenvalue weighted by molar-refractivity contribution is -0.117. The average molecular weight is 456 g/mol. The van der Waals surface area contributed by atoms with Crippen LogP contribution in [0.1, 0.15) is 50.5 Å².